The lowest BCUT2D eigenvalue weighted by Gasteiger charge is -2.34. The highest BCUT2D eigenvalue weighted by molar-refractivity contribution is 7.11. The molecule has 1 heterocycles. The molecule has 0 bridgehead atoms. The van der Waals surface area contributed by atoms with Crippen molar-refractivity contribution in [3.8, 4) is 0 Å². The third kappa shape index (κ3) is 7.60. The lowest BCUT2D eigenvalue weighted by atomic mass is 9.76. The van der Waals surface area contributed by atoms with E-state index in [0.29, 0.717) is 0 Å². The minimum absolute atomic E-state index is 0.0852. The third-order valence-electron chi connectivity index (χ3n) is 9.62. The molecule has 1 aliphatic heterocycles. The normalized spacial score (nSPS) is 16.9. The summed E-state index contributed by atoms with van der Waals surface area (Å²) < 4.78 is 0. The van der Waals surface area contributed by atoms with Gasteiger partial charge in [0, 0.05) is 0 Å². The fourth-order valence-corrected chi connectivity index (χ4v) is 18.9. The minimum Gasteiger partial charge on any atom is -0.0786 e. The van der Waals surface area contributed by atoms with Gasteiger partial charge in [-0.05, 0) is 72.6 Å². The van der Waals surface area contributed by atoms with Crippen molar-refractivity contribution in [1.29, 1.82) is 0 Å². The summed E-state index contributed by atoms with van der Waals surface area (Å²) in [5, 5.41) is 1.80. The van der Waals surface area contributed by atoms with Crippen LogP contribution in [0.3, 0.4) is 0 Å². The van der Waals surface area contributed by atoms with Crippen molar-refractivity contribution in [2.24, 2.45) is 0 Å². The monoisotopic (exact) mass is 614 g/mol. The van der Waals surface area contributed by atoms with Gasteiger partial charge in [-0.3, -0.25) is 0 Å². The summed E-state index contributed by atoms with van der Waals surface area (Å²) in [7, 11) is -3.58. The van der Waals surface area contributed by atoms with Gasteiger partial charge in [-0.15, -0.1) is 0 Å². The van der Waals surface area contributed by atoms with Crippen molar-refractivity contribution in [2.45, 2.75) is 164 Å². The maximum absolute atomic E-state index is 2.69. The highest BCUT2D eigenvalue weighted by Gasteiger charge is 2.47. The van der Waals surface area contributed by atoms with Gasteiger partial charge in [0.15, 0.2) is 0 Å². The highest BCUT2D eigenvalue weighted by atomic mass is 28.4. The fraction of sp³-hybridized carbons (Fsp3) is 0.610. The number of allylic oxidation sites excluding steroid dienone is 3. The molecule has 1 aliphatic rings. The van der Waals surface area contributed by atoms with E-state index in [4.69, 9.17) is 0 Å². The second-order valence-electron chi connectivity index (χ2n) is 19.2. The molecule has 0 atom stereocenters. The van der Waals surface area contributed by atoms with Crippen LogP contribution in [0.2, 0.25) is 32.7 Å². The van der Waals surface area contributed by atoms with Crippen molar-refractivity contribution in [3.63, 3.8) is 0 Å². The zero-order valence-electron chi connectivity index (χ0n) is 31.6. The van der Waals surface area contributed by atoms with Gasteiger partial charge in [0.1, 0.15) is 0 Å². The van der Waals surface area contributed by atoms with Gasteiger partial charge in [-0.1, -0.05) is 182 Å². The molecule has 0 aliphatic carbocycles. The van der Waals surface area contributed by atoms with Crippen LogP contribution in [0.25, 0.3) is 11.1 Å². The van der Waals surface area contributed by atoms with E-state index in [1.165, 1.54) is 52.6 Å². The Morgan fingerprint density at radius 3 is 1.14 bits per heavy atom. The van der Waals surface area contributed by atoms with Gasteiger partial charge in [-0.25, -0.2) is 0 Å². The molecule has 0 saturated heterocycles. The molecule has 238 valence electrons. The molecule has 0 spiro atoms. The molecule has 0 saturated carbocycles. The van der Waals surface area contributed by atoms with Crippen LogP contribution in [0, 0.1) is 0 Å². The summed E-state index contributed by atoms with van der Waals surface area (Å²) in [6, 6.07) is 15.3. The second kappa shape index (κ2) is 11.6. The fourth-order valence-electron chi connectivity index (χ4n) is 7.04. The smallest absolute Gasteiger partial charge is 0.0786 e. The van der Waals surface area contributed by atoms with E-state index < -0.39 is 16.1 Å². The minimum atomic E-state index is -1.90. The molecule has 0 radical (unpaired) electrons. The molecule has 0 unspecified atom stereocenters. The Labute approximate surface area is 269 Å². The maximum Gasteiger partial charge on any atom is 0.1000 e. The van der Waals surface area contributed by atoms with E-state index in [2.05, 4.69) is 159 Å². The molecule has 2 aromatic carbocycles. The topological polar surface area (TPSA) is 0 Å². The summed E-state index contributed by atoms with van der Waals surface area (Å²) in [5.74, 6) is 0. The molecule has 2 heteroatoms. The van der Waals surface area contributed by atoms with E-state index in [1.807, 2.05) is 4.82 Å². The number of unbranched alkanes of at least 4 members (excludes halogenated alkanes) is 1. The summed E-state index contributed by atoms with van der Waals surface area (Å²) in [6.45, 7) is 44.1. The molecule has 0 nitrogen and oxygen atoms in total. The van der Waals surface area contributed by atoms with Crippen molar-refractivity contribution >= 4 is 27.3 Å². The SMILES string of the molecule is CCCCC1=C(c2cc(C(C)(C)C)cc(C(C)(C)C)c2)C(c2cc(C(C)(C)C)cc(C(C)(C)C)c2)=C([Si](C)(C)C)[Si]1(C)C. The van der Waals surface area contributed by atoms with Crippen LogP contribution in [0.15, 0.2) is 46.4 Å². The van der Waals surface area contributed by atoms with E-state index >= 15 is 0 Å². The molecule has 0 fully saturated rings. The zero-order chi connectivity index (χ0) is 33.1. The van der Waals surface area contributed by atoms with E-state index in [1.54, 1.807) is 16.3 Å². The average molecular weight is 615 g/mol. The standard InChI is InChI=1S/C41H66Si2/c1-19-20-21-34-35(28-22-30(38(2,3)4)26-31(23-28)39(5,6)7)36(37(42(14,15)16)43(34,17)18)29-24-32(40(8,9)10)27-33(25-29)41(11,12)13/h22-27H,19-21H2,1-18H3. The number of hydrogen-bond donors (Lipinski definition) is 0. The first kappa shape index (κ1) is 35.8. The molecule has 0 aromatic heterocycles. The maximum atomic E-state index is 2.69. The van der Waals surface area contributed by atoms with Crippen LogP contribution < -0.4 is 0 Å². The molecule has 43 heavy (non-hydrogen) atoms. The van der Waals surface area contributed by atoms with Gasteiger partial charge in [0.2, 0.25) is 0 Å². The Morgan fingerprint density at radius 1 is 0.535 bits per heavy atom. The highest BCUT2D eigenvalue weighted by Crippen LogP contribution is 2.54. The van der Waals surface area contributed by atoms with Gasteiger partial charge >= 0.3 is 0 Å². The predicted octanol–water partition coefficient (Wildman–Crippen LogP) is 13.0. The van der Waals surface area contributed by atoms with Crippen molar-refractivity contribution in [1.82, 2.24) is 0 Å². The summed E-state index contributed by atoms with van der Waals surface area (Å²) in [4.78, 5) is 1.87. The first-order valence-corrected chi connectivity index (χ1v) is 23.5. The number of benzene rings is 2. The van der Waals surface area contributed by atoms with Crippen molar-refractivity contribution in [2.75, 3.05) is 0 Å². The van der Waals surface area contributed by atoms with Crippen molar-refractivity contribution in [3.05, 3.63) is 79.8 Å². The Bertz CT molecular complexity index is 1340. The van der Waals surface area contributed by atoms with Crippen LogP contribution >= 0.6 is 0 Å². The molecule has 0 amide bonds. The molecular weight excluding hydrogens is 549 g/mol. The van der Waals surface area contributed by atoms with Crippen LogP contribution in [-0.2, 0) is 21.7 Å². The molecule has 2 aromatic rings. The Kier molecular flexibility index (Phi) is 9.68. The second-order valence-corrected chi connectivity index (χ2v) is 29.0. The first-order chi connectivity index (χ1) is 19.2. The van der Waals surface area contributed by atoms with E-state index in [9.17, 15) is 0 Å². The summed E-state index contributed by atoms with van der Waals surface area (Å²) >= 11 is 0. The Hall–Kier alpha value is -1.65. The molecular formula is C41H66Si2. The van der Waals surface area contributed by atoms with Crippen LogP contribution in [0.1, 0.15) is 143 Å². The molecule has 3 rings (SSSR count). The Balaban J connectivity index is 2.64. The van der Waals surface area contributed by atoms with E-state index in [-0.39, 0.29) is 21.7 Å². The third-order valence-corrected chi connectivity index (χ3v) is 19.0. The van der Waals surface area contributed by atoms with Crippen LogP contribution in [-0.4, -0.2) is 16.1 Å². The van der Waals surface area contributed by atoms with Crippen LogP contribution in [0.4, 0.5) is 0 Å². The van der Waals surface area contributed by atoms with Crippen LogP contribution in [0.5, 0.6) is 0 Å². The number of hydrogen-bond acceptors (Lipinski definition) is 0. The van der Waals surface area contributed by atoms with Gasteiger partial charge in [0.05, 0.1) is 16.1 Å². The summed E-state index contributed by atoms with van der Waals surface area (Å²) in [5.41, 5.74) is 12.3. The quantitative estimate of drug-likeness (QED) is 0.284. The van der Waals surface area contributed by atoms with Gasteiger partial charge < -0.3 is 0 Å². The summed E-state index contributed by atoms with van der Waals surface area (Å²) in [6.07, 6.45) is 3.72. The van der Waals surface area contributed by atoms with Gasteiger partial charge in [-0.2, -0.15) is 0 Å². The lowest BCUT2D eigenvalue weighted by Crippen LogP contribution is -2.42. The van der Waals surface area contributed by atoms with E-state index in [0.717, 1.165) is 0 Å². The zero-order valence-corrected chi connectivity index (χ0v) is 33.6. The predicted molar refractivity (Wildman–Crippen MR) is 202 cm³/mol. The lowest BCUT2D eigenvalue weighted by molar-refractivity contribution is 0.567. The number of rotatable bonds is 6. The largest absolute Gasteiger partial charge is 0.1000 e. The molecule has 0 N–H and O–H groups in total. The Morgan fingerprint density at radius 2 is 0.860 bits per heavy atom. The first-order valence-electron chi connectivity index (χ1n) is 17.0. The average Bonchev–Trinajstić information content (AvgIpc) is 3.06. The van der Waals surface area contributed by atoms with Gasteiger partial charge in [0.25, 0.3) is 0 Å². The van der Waals surface area contributed by atoms with Crippen molar-refractivity contribution < 1.29 is 0 Å².